The van der Waals surface area contributed by atoms with Crippen molar-refractivity contribution in [3.63, 3.8) is 0 Å². The number of allylic oxidation sites excluding steroid dienone is 8. The molecule has 0 saturated carbocycles. The molecular weight excluding hydrogens is 633 g/mol. The second kappa shape index (κ2) is 11.4. The van der Waals surface area contributed by atoms with Crippen molar-refractivity contribution in [2.75, 3.05) is 0 Å². The summed E-state index contributed by atoms with van der Waals surface area (Å²) >= 11 is 0. The van der Waals surface area contributed by atoms with Gasteiger partial charge in [-0.15, -0.1) is 0 Å². The Morgan fingerprint density at radius 2 is 0.981 bits per heavy atom. The van der Waals surface area contributed by atoms with Gasteiger partial charge in [0.2, 0.25) is 0 Å². The van der Waals surface area contributed by atoms with Gasteiger partial charge in [0.1, 0.15) is 22.3 Å². The maximum atomic E-state index is 6.77. The summed E-state index contributed by atoms with van der Waals surface area (Å²) < 4.78 is 13.1. The van der Waals surface area contributed by atoms with E-state index in [4.69, 9.17) is 8.83 Å². The van der Waals surface area contributed by atoms with E-state index in [1.54, 1.807) is 0 Å². The van der Waals surface area contributed by atoms with Gasteiger partial charge in [-0.25, -0.2) is 0 Å². The van der Waals surface area contributed by atoms with Gasteiger partial charge in [-0.3, -0.25) is 0 Å². The van der Waals surface area contributed by atoms with Crippen LogP contribution in [0.4, 0.5) is 0 Å². The van der Waals surface area contributed by atoms with Crippen LogP contribution in [-0.2, 0) is 0 Å². The van der Waals surface area contributed by atoms with Gasteiger partial charge in [0.05, 0.1) is 0 Å². The molecule has 7 aromatic carbocycles. The number of fused-ring (bicyclic) bond motifs is 9. The maximum Gasteiger partial charge on any atom is 0.143 e. The van der Waals surface area contributed by atoms with Crippen molar-refractivity contribution in [3.05, 3.63) is 188 Å². The number of hydrogen-bond acceptors (Lipinski definition) is 2. The summed E-state index contributed by atoms with van der Waals surface area (Å²) in [6.07, 6.45) is 15.9. The van der Waals surface area contributed by atoms with E-state index in [0.717, 1.165) is 71.5 Å². The van der Waals surface area contributed by atoms with Crippen molar-refractivity contribution in [3.8, 4) is 33.4 Å². The number of benzene rings is 7. The summed E-state index contributed by atoms with van der Waals surface area (Å²) in [5.41, 5.74) is 13.0. The normalized spacial score (nSPS) is 16.7. The first-order valence-electron chi connectivity index (χ1n) is 18.0. The molecule has 2 heterocycles. The topological polar surface area (TPSA) is 26.3 Å². The Kier molecular flexibility index (Phi) is 6.41. The van der Waals surface area contributed by atoms with Crippen molar-refractivity contribution in [1.29, 1.82) is 0 Å². The van der Waals surface area contributed by atoms with Crippen LogP contribution >= 0.6 is 0 Å². The highest BCUT2D eigenvalue weighted by atomic mass is 16.3. The highest BCUT2D eigenvalue weighted by Gasteiger charge is 2.20. The Hall–Kier alpha value is -6.64. The molecule has 0 fully saturated rings. The highest BCUT2D eigenvalue weighted by molar-refractivity contribution is 6.19. The molecule has 2 unspecified atom stereocenters. The van der Waals surface area contributed by atoms with E-state index in [9.17, 15) is 0 Å². The maximum absolute atomic E-state index is 6.77. The molecule has 0 N–H and O–H groups in total. The van der Waals surface area contributed by atoms with E-state index >= 15 is 0 Å². The average Bonchev–Trinajstić information content (AvgIpc) is 3.78. The molecule has 244 valence electrons. The minimum atomic E-state index is 0.353. The minimum Gasteiger partial charge on any atom is -0.456 e. The molecular formula is C50H32O2. The van der Waals surface area contributed by atoms with Gasteiger partial charge < -0.3 is 8.83 Å². The highest BCUT2D eigenvalue weighted by Crippen LogP contribution is 2.42. The third kappa shape index (κ3) is 4.65. The monoisotopic (exact) mass is 664 g/mol. The summed E-state index contributed by atoms with van der Waals surface area (Å²) in [6, 6.07) is 50.0. The summed E-state index contributed by atoms with van der Waals surface area (Å²) in [5, 5.41) is 6.85. The Balaban J connectivity index is 1.09. The van der Waals surface area contributed by atoms with Crippen LogP contribution < -0.4 is 0 Å². The second-order valence-electron chi connectivity index (χ2n) is 14.0. The van der Waals surface area contributed by atoms with Gasteiger partial charge in [0.15, 0.2) is 0 Å². The third-order valence-electron chi connectivity index (χ3n) is 11.0. The molecule has 0 amide bonds. The van der Waals surface area contributed by atoms with Gasteiger partial charge in [-0.1, -0.05) is 127 Å². The molecule has 0 saturated heterocycles. The first kappa shape index (κ1) is 29.1. The molecule has 11 rings (SSSR count). The fourth-order valence-electron chi connectivity index (χ4n) is 8.34. The lowest BCUT2D eigenvalue weighted by Crippen LogP contribution is -2.11. The van der Waals surface area contributed by atoms with E-state index in [1.165, 1.54) is 27.6 Å². The number of rotatable bonds is 4. The van der Waals surface area contributed by atoms with E-state index in [1.807, 2.05) is 12.1 Å². The molecule has 2 atom stereocenters. The van der Waals surface area contributed by atoms with E-state index < -0.39 is 0 Å². The van der Waals surface area contributed by atoms with E-state index in [-0.39, 0.29) is 0 Å². The number of furan rings is 2. The van der Waals surface area contributed by atoms with Gasteiger partial charge in [-0.2, -0.15) is 0 Å². The predicted octanol–water partition coefficient (Wildman–Crippen LogP) is 14.0. The molecule has 0 spiro atoms. The summed E-state index contributed by atoms with van der Waals surface area (Å²) in [4.78, 5) is 0. The number of para-hydroxylation sites is 1. The van der Waals surface area contributed by atoms with Crippen molar-refractivity contribution >= 4 is 60.2 Å². The molecule has 0 radical (unpaired) electrons. The summed E-state index contributed by atoms with van der Waals surface area (Å²) in [7, 11) is 0. The van der Waals surface area contributed by atoms with Crippen LogP contribution in [0.2, 0.25) is 0 Å². The van der Waals surface area contributed by atoms with Crippen molar-refractivity contribution in [2.24, 2.45) is 11.8 Å². The van der Waals surface area contributed by atoms with Crippen LogP contribution in [0.3, 0.4) is 0 Å². The van der Waals surface area contributed by atoms with Crippen molar-refractivity contribution in [2.45, 2.75) is 0 Å². The lowest BCUT2D eigenvalue weighted by atomic mass is 9.81. The number of hydrogen-bond donors (Lipinski definition) is 0. The Bertz CT molecular complexity index is 3020. The van der Waals surface area contributed by atoms with Gasteiger partial charge in [0.25, 0.3) is 0 Å². The zero-order valence-electron chi connectivity index (χ0n) is 28.3. The molecule has 9 aromatic rings. The lowest BCUT2D eigenvalue weighted by Gasteiger charge is -2.23. The molecule has 52 heavy (non-hydrogen) atoms. The third-order valence-corrected chi connectivity index (χ3v) is 11.0. The fraction of sp³-hybridized carbons (Fsp3) is 0.0400. The quantitative estimate of drug-likeness (QED) is 0.187. The average molecular weight is 665 g/mol. The zero-order chi connectivity index (χ0) is 34.2. The first-order chi connectivity index (χ1) is 25.7. The first-order valence-corrected chi connectivity index (χ1v) is 18.0. The smallest absolute Gasteiger partial charge is 0.143 e. The molecule has 0 bridgehead atoms. The fourth-order valence-corrected chi connectivity index (χ4v) is 8.34. The van der Waals surface area contributed by atoms with E-state index in [2.05, 4.69) is 170 Å². The van der Waals surface area contributed by atoms with Gasteiger partial charge in [0, 0.05) is 38.8 Å². The SMILES string of the molecule is C1=CC2C=CC(c3cc(-c4ccc5c(c4)oc4ccccc45)cc(-c4ccc5c(c4)oc4c6ccccc6c(-c6ccccc6)cc54)c3)=CC2C=C1. The molecule has 2 aliphatic rings. The van der Waals surface area contributed by atoms with Crippen molar-refractivity contribution in [1.82, 2.24) is 0 Å². The van der Waals surface area contributed by atoms with Crippen LogP contribution in [0, 0.1) is 11.8 Å². The van der Waals surface area contributed by atoms with Crippen LogP contribution in [0.15, 0.2) is 191 Å². The van der Waals surface area contributed by atoms with E-state index in [0.29, 0.717) is 11.8 Å². The molecule has 2 nitrogen and oxygen atoms in total. The van der Waals surface area contributed by atoms with Crippen LogP contribution in [0.5, 0.6) is 0 Å². The van der Waals surface area contributed by atoms with Gasteiger partial charge in [-0.05, 0) is 105 Å². The summed E-state index contributed by atoms with van der Waals surface area (Å²) in [6.45, 7) is 0. The van der Waals surface area contributed by atoms with Gasteiger partial charge >= 0.3 is 0 Å². The summed E-state index contributed by atoms with van der Waals surface area (Å²) in [5.74, 6) is 0.757. The second-order valence-corrected chi connectivity index (χ2v) is 14.0. The minimum absolute atomic E-state index is 0.353. The molecule has 2 aromatic heterocycles. The Morgan fingerprint density at radius 3 is 1.77 bits per heavy atom. The van der Waals surface area contributed by atoms with Crippen molar-refractivity contribution < 1.29 is 8.83 Å². The Labute approximate surface area is 300 Å². The lowest BCUT2D eigenvalue weighted by molar-refractivity contribution is 0.663. The Morgan fingerprint density at radius 1 is 0.365 bits per heavy atom. The largest absolute Gasteiger partial charge is 0.456 e. The molecule has 2 aliphatic carbocycles. The van der Waals surface area contributed by atoms with Crippen LogP contribution in [0.1, 0.15) is 5.56 Å². The predicted molar refractivity (Wildman–Crippen MR) is 217 cm³/mol. The van der Waals surface area contributed by atoms with Crippen LogP contribution in [-0.4, -0.2) is 0 Å². The standard InChI is InChI=1S/C50H32O2/c1-2-11-32(12-3-1)45-30-46-43-23-21-36(29-49(43)52-50(46)44-16-7-6-14-40(44)45)39-26-37(34-19-18-31-10-4-5-13-33(31)24-34)25-38(27-39)35-20-22-42-41-15-8-9-17-47(41)51-48(42)28-35/h1-31,33H. The zero-order valence-corrected chi connectivity index (χ0v) is 28.3. The molecule has 2 heteroatoms. The van der Waals surface area contributed by atoms with Crippen LogP contribution in [0.25, 0.3) is 93.6 Å². The molecule has 0 aliphatic heterocycles.